The molecular weight excluding hydrogens is 310 g/mol. The summed E-state index contributed by atoms with van der Waals surface area (Å²) < 4.78 is 28.0. The highest BCUT2D eigenvalue weighted by Gasteiger charge is 2.29. The van der Waals surface area contributed by atoms with Crippen LogP contribution in [0.3, 0.4) is 0 Å². The molecule has 0 aromatic rings. The normalized spacial score (nSPS) is 12.0. The third-order valence-corrected chi connectivity index (χ3v) is 4.23. The summed E-state index contributed by atoms with van der Waals surface area (Å²) in [7, 11) is -3.71. The van der Waals surface area contributed by atoms with Crippen molar-refractivity contribution in [3.05, 3.63) is 0 Å². The minimum atomic E-state index is -3.71. The number of rotatable bonds is 10. The van der Waals surface area contributed by atoms with Gasteiger partial charge in [-0.05, 0) is 6.42 Å². The third kappa shape index (κ3) is 9.18. The van der Waals surface area contributed by atoms with E-state index in [9.17, 15) is 18.0 Å². The zero-order valence-corrected chi connectivity index (χ0v) is 13.7. The number of hydrogen-bond acceptors (Lipinski definition) is 6. The van der Waals surface area contributed by atoms with Crippen molar-refractivity contribution in [3.63, 3.8) is 0 Å². The first-order valence-electron chi connectivity index (χ1n) is 7.07. The van der Waals surface area contributed by atoms with E-state index in [0.717, 1.165) is 31.9 Å². The smallest absolute Gasteiger partial charge is 0.407 e. The fourth-order valence-electron chi connectivity index (χ4n) is 1.60. The van der Waals surface area contributed by atoms with E-state index < -0.39 is 33.6 Å². The highest BCUT2D eigenvalue weighted by atomic mass is 32.2. The van der Waals surface area contributed by atoms with Crippen LogP contribution in [0.15, 0.2) is 0 Å². The van der Waals surface area contributed by atoms with Crippen molar-refractivity contribution >= 4 is 21.8 Å². The zero-order chi connectivity index (χ0) is 17.0. The molecule has 2 amide bonds. The number of carbonyl (C=O) groups is 2. The van der Waals surface area contributed by atoms with E-state index in [-0.39, 0.29) is 13.2 Å². The summed E-state index contributed by atoms with van der Waals surface area (Å²) in [5.41, 5.74) is 0. The van der Waals surface area contributed by atoms with Crippen LogP contribution >= 0.6 is 0 Å². The summed E-state index contributed by atoms with van der Waals surface area (Å²) in [5, 5.41) is 11.3. The number of sulfone groups is 1. The molecule has 0 bridgehead atoms. The Morgan fingerprint density at radius 2 is 1.91 bits per heavy atom. The van der Waals surface area contributed by atoms with Gasteiger partial charge in [-0.15, -0.1) is 0 Å². The van der Waals surface area contributed by atoms with E-state index in [0.29, 0.717) is 0 Å². The lowest BCUT2D eigenvalue weighted by molar-refractivity contribution is -0.120. The Hall–Kier alpha value is -1.82. The molecule has 22 heavy (non-hydrogen) atoms. The molecule has 0 saturated heterocycles. The van der Waals surface area contributed by atoms with Gasteiger partial charge in [-0.3, -0.25) is 4.79 Å². The molecule has 0 aliphatic rings. The molecule has 1 atom stereocenters. The minimum absolute atomic E-state index is 0.246. The van der Waals surface area contributed by atoms with E-state index in [1.165, 1.54) is 0 Å². The summed E-state index contributed by atoms with van der Waals surface area (Å²) in [6.07, 6.45) is 3.94. The SMILES string of the molecule is CCCCCCOC(=O)NCC(C(=O)NCC#N)S(C)(=O)=O. The molecule has 0 saturated carbocycles. The fraction of sp³-hybridized carbons (Fsp3) is 0.769. The average molecular weight is 333 g/mol. The maximum absolute atomic E-state index is 11.7. The van der Waals surface area contributed by atoms with Gasteiger partial charge in [0.25, 0.3) is 0 Å². The first kappa shape index (κ1) is 20.2. The molecule has 0 radical (unpaired) electrons. The second-order valence-corrected chi connectivity index (χ2v) is 7.00. The summed E-state index contributed by atoms with van der Waals surface area (Å²) in [5.74, 6) is -0.827. The number of ether oxygens (including phenoxy) is 1. The number of amides is 2. The molecule has 0 heterocycles. The van der Waals surface area contributed by atoms with Crippen LogP contribution in [0, 0.1) is 11.3 Å². The molecule has 8 nitrogen and oxygen atoms in total. The molecule has 0 spiro atoms. The highest BCUT2D eigenvalue weighted by molar-refractivity contribution is 7.92. The lowest BCUT2D eigenvalue weighted by Gasteiger charge is -2.15. The maximum Gasteiger partial charge on any atom is 0.407 e. The Balaban J connectivity index is 4.26. The van der Waals surface area contributed by atoms with Crippen LogP contribution in [0.25, 0.3) is 0 Å². The summed E-state index contributed by atoms with van der Waals surface area (Å²) in [6.45, 7) is 1.61. The molecule has 1 unspecified atom stereocenters. The van der Waals surface area contributed by atoms with Crippen LogP contribution in [-0.2, 0) is 19.4 Å². The van der Waals surface area contributed by atoms with Crippen molar-refractivity contribution in [2.75, 3.05) is 26.0 Å². The monoisotopic (exact) mass is 333 g/mol. The summed E-state index contributed by atoms with van der Waals surface area (Å²) >= 11 is 0. The van der Waals surface area contributed by atoms with Gasteiger partial charge in [0.1, 0.15) is 6.54 Å². The number of hydrogen-bond donors (Lipinski definition) is 2. The largest absolute Gasteiger partial charge is 0.450 e. The van der Waals surface area contributed by atoms with Crippen LogP contribution in [0.1, 0.15) is 32.6 Å². The van der Waals surface area contributed by atoms with Gasteiger partial charge in [0, 0.05) is 12.8 Å². The average Bonchev–Trinajstić information content (AvgIpc) is 2.43. The number of nitrogens with one attached hydrogen (secondary N) is 2. The predicted octanol–water partition coefficient (Wildman–Crippen LogP) is 0.346. The first-order chi connectivity index (χ1) is 10.3. The lowest BCUT2D eigenvalue weighted by atomic mass is 10.2. The second kappa shape index (κ2) is 10.8. The lowest BCUT2D eigenvalue weighted by Crippen LogP contribution is -2.47. The Bertz CT molecular complexity index is 498. The quantitative estimate of drug-likeness (QED) is 0.439. The molecule has 0 aliphatic carbocycles. The molecule has 0 aliphatic heterocycles. The van der Waals surface area contributed by atoms with Gasteiger partial charge < -0.3 is 15.4 Å². The molecule has 0 aromatic carbocycles. The van der Waals surface area contributed by atoms with Crippen molar-refractivity contribution in [3.8, 4) is 6.07 Å². The van der Waals surface area contributed by atoms with Crippen LogP contribution in [0.4, 0.5) is 4.79 Å². The van der Waals surface area contributed by atoms with Gasteiger partial charge >= 0.3 is 6.09 Å². The molecule has 126 valence electrons. The van der Waals surface area contributed by atoms with Crippen LogP contribution in [-0.4, -0.2) is 51.6 Å². The highest BCUT2D eigenvalue weighted by Crippen LogP contribution is 2.00. The third-order valence-electron chi connectivity index (χ3n) is 2.81. The standard InChI is InChI=1S/C13H23N3O5S/c1-3-4-5-6-9-21-13(18)16-10-11(22(2,19)20)12(17)15-8-7-14/h11H,3-6,8-10H2,1-2H3,(H,15,17)(H,16,18). The summed E-state index contributed by atoms with van der Waals surface area (Å²) in [4.78, 5) is 23.1. The van der Waals surface area contributed by atoms with Gasteiger partial charge in [0.05, 0.1) is 12.7 Å². The molecular formula is C13H23N3O5S. The van der Waals surface area contributed by atoms with Gasteiger partial charge in [0.15, 0.2) is 15.1 Å². The van der Waals surface area contributed by atoms with Crippen LogP contribution in [0.5, 0.6) is 0 Å². The Morgan fingerprint density at radius 3 is 2.45 bits per heavy atom. The second-order valence-electron chi connectivity index (χ2n) is 4.77. The van der Waals surface area contributed by atoms with Crippen LogP contribution < -0.4 is 10.6 Å². The van der Waals surface area contributed by atoms with Gasteiger partial charge in [-0.2, -0.15) is 5.26 Å². The van der Waals surface area contributed by atoms with Crippen molar-refractivity contribution in [2.24, 2.45) is 0 Å². The number of carbonyl (C=O) groups excluding carboxylic acids is 2. The van der Waals surface area contributed by atoms with E-state index >= 15 is 0 Å². The van der Waals surface area contributed by atoms with E-state index in [1.807, 2.05) is 0 Å². The maximum atomic E-state index is 11.7. The zero-order valence-electron chi connectivity index (χ0n) is 12.9. The van der Waals surface area contributed by atoms with Crippen molar-refractivity contribution < 1.29 is 22.7 Å². The van der Waals surface area contributed by atoms with E-state index in [1.54, 1.807) is 6.07 Å². The Labute approximate surface area is 131 Å². The molecule has 0 aromatic heterocycles. The van der Waals surface area contributed by atoms with Crippen LogP contribution in [0.2, 0.25) is 0 Å². The predicted molar refractivity (Wildman–Crippen MR) is 80.7 cm³/mol. The fourth-order valence-corrected chi connectivity index (χ4v) is 2.46. The number of nitriles is 1. The number of unbranched alkanes of at least 4 members (excludes halogenated alkanes) is 3. The van der Waals surface area contributed by atoms with E-state index in [4.69, 9.17) is 10.00 Å². The minimum Gasteiger partial charge on any atom is -0.450 e. The van der Waals surface area contributed by atoms with Gasteiger partial charge in [0.2, 0.25) is 5.91 Å². The molecule has 0 fully saturated rings. The number of alkyl carbamates (subject to hydrolysis) is 1. The molecule has 9 heteroatoms. The molecule has 0 rings (SSSR count). The van der Waals surface area contributed by atoms with Gasteiger partial charge in [-0.25, -0.2) is 13.2 Å². The van der Waals surface area contributed by atoms with E-state index in [2.05, 4.69) is 17.6 Å². The van der Waals surface area contributed by atoms with Crippen molar-refractivity contribution in [1.29, 1.82) is 5.26 Å². The number of nitrogens with zero attached hydrogens (tertiary/aromatic N) is 1. The topological polar surface area (TPSA) is 125 Å². The Morgan fingerprint density at radius 1 is 1.23 bits per heavy atom. The first-order valence-corrected chi connectivity index (χ1v) is 9.02. The molecule has 2 N–H and O–H groups in total. The van der Waals surface area contributed by atoms with Gasteiger partial charge in [-0.1, -0.05) is 26.2 Å². The summed E-state index contributed by atoms with van der Waals surface area (Å²) in [6, 6.07) is 1.68. The van der Waals surface area contributed by atoms with Crippen molar-refractivity contribution in [2.45, 2.75) is 37.9 Å². The van der Waals surface area contributed by atoms with Crippen molar-refractivity contribution in [1.82, 2.24) is 10.6 Å². The Kier molecular flexibility index (Phi) is 9.95.